The van der Waals surface area contributed by atoms with E-state index < -0.39 is 12.2 Å². The van der Waals surface area contributed by atoms with Gasteiger partial charge >= 0.3 is 6.09 Å². The molecule has 4 aliphatic carbocycles. The topological polar surface area (TPSA) is 72.6 Å². The zero-order valence-electron chi connectivity index (χ0n) is 21.1. The maximum atomic E-state index is 11.7. The first-order valence-corrected chi connectivity index (χ1v) is 13.4. The molecule has 0 aromatic rings. The molecule has 0 spiro atoms. The van der Waals surface area contributed by atoms with Gasteiger partial charge in [-0.1, -0.05) is 65.5 Å². The number of primary amides is 1. The molecule has 0 saturated heterocycles. The summed E-state index contributed by atoms with van der Waals surface area (Å²) in [5.41, 5.74) is 7.04. The van der Waals surface area contributed by atoms with E-state index in [1.165, 1.54) is 50.5 Å². The van der Waals surface area contributed by atoms with Crippen molar-refractivity contribution < 1.29 is 14.6 Å². The first kappa shape index (κ1) is 24.1. The van der Waals surface area contributed by atoms with E-state index in [2.05, 4.69) is 40.7 Å². The van der Waals surface area contributed by atoms with Crippen LogP contribution in [0.1, 0.15) is 98.8 Å². The van der Waals surface area contributed by atoms with Crippen molar-refractivity contribution in [1.29, 1.82) is 0 Å². The van der Waals surface area contributed by atoms with E-state index in [4.69, 9.17) is 10.5 Å². The number of fused-ring (bicyclic) bond motifs is 5. The maximum Gasteiger partial charge on any atom is 0.404 e. The molecular weight excluding hydrogens is 398 g/mol. The smallest absolute Gasteiger partial charge is 0.404 e. The molecule has 3 saturated carbocycles. The molecule has 4 rings (SSSR count). The van der Waals surface area contributed by atoms with Gasteiger partial charge in [-0.15, -0.1) is 0 Å². The van der Waals surface area contributed by atoms with Crippen LogP contribution in [-0.2, 0) is 4.74 Å². The summed E-state index contributed by atoms with van der Waals surface area (Å²) >= 11 is 0. The van der Waals surface area contributed by atoms with Gasteiger partial charge in [0, 0.05) is 11.8 Å². The fourth-order valence-corrected chi connectivity index (χ4v) is 9.01. The van der Waals surface area contributed by atoms with Crippen molar-refractivity contribution in [2.45, 2.75) is 111 Å². The minimum absolute atomic E-state index is 0.181. The Balaban J connectivity index is 1.55. The van der Waals surface area contributed by atoms with Crippen LogP contribution < -0.4 is 5.73 Å². The van der Waals surface area contributed by atoms with Crippen LogP contribution in [-0.4, -0.2) is 23.4 Å². The molecule has 4 nitrogen and oxygen atoms in total. The molecule has 9 atom stereocenters. The van der Waals surface area contributed by atoms with Crippen molar-refractivity contribution in [3.63, 3.8) is 0 Å². The number of hydrogen-bond donors (Lipinski definition) is 2. The quantitative estimate of drug-likeness (QED) is 0.461. The maximum absolute atomic E-state index is 11.7. The predicted octanol–water partition coefficient (Wildman–Crippen LogP) is 6.46. The number of amides is 1. The SMILES string of the molecule is CC(C)CCC[C@@H](C)[C@H]1CC[C@H]2[C@@H]3CC=C4C[C@H](O)CC(OC(N)=O)[C@]4(C)[C@H]3CC[C@]12C. The Hall–Kier alpha value is -1.03. The third-order valence-electron chi connectivity index (χ3n) is 10.6. The Morgan fingerprint density at radius 1 is 1.19 bits per heavy atom. The fourth-order valence-electron chi connectivity index (χ4n) is 9.01. The molecule has 0 heterocycles. The van der Waals surface area contributed by atoms with Gasteiger partial charge in [0.15, 0.2) is 0 Å². The van der Waals surface area contributed by atoms with Gasteiger partial charge in [0.05, 0.1) is 6.10 Å². The number of carbonyl (C=O) groups excluding carboxylic acids is 1. The van der Waals surface area contributed by atoms with Crippen molar-refractivity contribution in [2.75, 3.05) is 0 Å². The molecule has 32 heavy (non-hydrogen) atoms. The van der Waals surface area contributed by atoms with Crippen molar-refractivity contribution in [3.8, 4) is 0 Å². The molecule has 4 heteroatoms. The summed E-state index contributed by atoms with van der Waals surface area (Å²) in [5, 5.41) is 10.5. The summed E-state index contributed by atoms with van der Waals surface area (Å²) in [5.74, 6) is 4.38. The van der Waals surface area contributed by atoms with Crippen LogP contribution in [0.4, 0.5) is 4.79 Å². The van der Waals surface area contributed by atoms with E-state index in [1.54, 1.807) is 0 Å². The Morgan fingerprint density at radius 3 is 2.62 bits per heavy atom. The van der Waals surface area contributed by atoms with E-state index in [1.807, 2.05) is 0 Å². The van der Waals surface area contributed by atoms with E-state index in [-0.39, 0.29) is 11.5 Å². The zero-order valence-corrected chi connectivity index (χ0v) is 21.1. The molecule has 0 radical (unpaired) electrons. The van der Waals surface area contributed by atoms with Crippen LogP contribution in [0.15, 0.2) is 11.6 Å². The first-order valence-electron chi connectivity index (χ1n) is 13.4. The summed E-state index contributed by atoms with van der Waals surface area (Å²) in [6.45, 7) is 12.1. The number of aliphatic hydroxyl groups excluding tert-OH is 1. The lowest BCUT2D eigenvalue weighted by molar-refractivity contribution is -0.109. The van der Waals surface area contributed by atoms with Gasteiger partial charge in [-0.05, 0) is 79.4 Å². The van der Waals surface area contributed by atoms with Crippen LogP contribution in [0.5, 0.6) is 0 Å². The molecule has 0 bridgehead atoms. The number of rotatable bonds is 6. The van der Waals surface area contributed by atoms with E-state index in [0.29, 0.717) is 23.7 Å². The van der Waals surface area contributed by atoms with Crippen LogP contribution in [0.2, 0.25) is 0 Å². The second-order valence-electron chi connectivity index (χ2n) is 12.7. The highest BCUT2D eigenvalue weighted by atomic mass is 16.6. The molecule has 4 aliphatic rings. The highest BCUT2D eigenvalue weighted by Gasteiger charge is 2.61. The second-order valence-corrected chi connectivity index (χ2v) is 12.7. The molecule has 3 N–H and O–H groups in total. The number of hydrogen-bond acceptors (Lipinski definition) is 3. The fraction of sp³-hybridized carbons (Fsp3) is 0.893. The number of nitrogens with two attached hydrogens (primary N) is 1. The standard InChI is InChI=1S/C28H47NO3/c1-17(2)7-6-8-18(3)22-11-12-23-21-10-9-19-15-20(30)16-25(32-26(29)31)28(19,5)24(21)13-14-27(22,23)4/h9,17-18,20-25,30H,6-8,10-16H2,1-5H3,(H2,29,31)/t18-,20+,21+,22-,23+,24+,25?,27-,28+/m1/s1. The molecule has 1 unspecified atom stereocenters. The average Bonchev–Trinajstić information content (AvgIpc) is 3.05. The highest BCUT2D eigenvalue weighted by Crippen LogP contribution is 2.67. The number of carbonyl (C=O) groups is 1. The third kappa shape index (κ3) is 4.03. The zero-order chi connectivity index (χ0) is 23.3. The molecule has 0 aromatic carbocycles. The highest BCUT2D eigenvalue weighted by molar-refractivity contribution is 5.65. The van der Waals surface area contributed by atoms with Gasteiger partial charge in [-0.25, -0.2) is 4.79 Å². The van der Waals surface area contributed by atoms with E-state index in [0.717, 1.165) is 36.5 Å². The van der Waals surface area contributed by atoms with Gasteiger partial charge in [-0.2, -0.15) is 0 Å². The monoisotopic (exact) mass is 445 g/mol. The molecule has 182 valence electrons. The van der Waals surface area contributed by atoms with Crippen LogP contribution in [0.3, 0.4) is 0 Å². The number of allylic oxidation sites excluding steroid dienone is 1. The van der Waals surface area contributed by atoms with E-state index in [9.17, 15) is 9.90 Å². The van der Waals surface area contributed by atoms with Crippen molar-refractivity contribution in [1.82, 2.24) is 0 Å². The summed E-state index contributed by atoms with van der Waals surface area (Å²) < 4.78 is 5.68. The number of ether oxygens (including phenoxy) is 1. The van der Waals surface area contributed by atoms with Gasteiger partial charge in [0.1, 0.15) is 6.10 Å². The minimum atomic E-state index is -0.705. The van der Waals surface area contributed by atoms with Gasteiger partial charge in [0.2, 0.25) is 0 Å². The summed E-state index contributed by atoms with van der Waals surface area (Å²) in [7, 11) is 0. The normalized spacial score (nSPS) is 44.3. The lowest BCUT2D eigenvalue weighted by atomic mass is 9.46. The van der Waals surface area contributed by atoms with Crippen molar-refractivity contribution in [3.05, 3.63) is 11.6 Å². The summed E-state index contributed by atoms with van der Waals surface area (Å²) in [4.78, 5) is 11.7. The third-order valence-corrected chi connectivity index (χ3v) is 10.6. The lowest BCUT2D eigenvalue weighted by Gasteiger charge is -2.59. The Labute approximate surface area is 195 Å². The molecule has 0 aromatic heterocycles. The molecular formula is C28H47NO3. The van der Waals surface area contributed by atoms with E-state index >= 15 is 0 Å². The minimum Gasteiger partial charge on any atom is -0.445 e. The number of aliphatic hydroxyl groups is 1. The largest absolute Gasteiger partial charge is 0.445 e. The molecule has 3 fully saturated rings. The van der Waals surface area contributed by atoms with Crippen molar-refractivity contribution in [2.24, 2.45) is 52.1 Å². The molecule has 1 amide bonds. The Bertz CT molecular complexity index is 732. The summed E-state index contributed by atoms with van der Waals surface area (Å²) in [6, 6.07) is 0. The Morgan fingerprint density at radius 2 is 1.94 bits per heavy atom. The van der Waals surface area contributed by atoms with Crippen LogP contribution >= 0.6 is 0 Å². The first-order chi connectivity index (χ1) is 15.1. The predicted molar refractivity (Wildman–Crippen MR) is 129 cm³/mol. The molecule has 0 aliphatic heterocycles. The van der Waals surface area contributed by atoms with Gasteiger partial charge in [0.25, 0.3) is 0 Å². The second kappa shape index (κ2) is 8.96. The van der Waals surface area contributed by atoms with Gasteiger partial charge < -0.3 is 15.6 Å². The van der Waals surface area contributed by atoms with Crippen molar-refractivity contribution >= 4 is 6.09 Å². The lowest BCUT2D eigenvalue weighted by Crippen LogP contribution is -2.57. The van der Waals surface area contributed by atoms with Crippen LogP contribution in [0.25, 0.3) is 0 Å². The summed E-state index contributed by atoms with van der Waals surface area (Å²) in [6.07, 6.45) is 12.6. The van der Waals surface area contributed by atoms with Gasteiger partial charge in [-0.3, -0.25) is 0 Å². The Kier molecular flexibility index (Phi) is 6.75. The average molecular weight is 446 g/mol. The van der Waals surface area contributed by atoms with Crippen LogP contribution in [0, 0.1) is 46.3 Å².